The van der Waals surface area contributed by atoms with Crippen molar-refractivity contribution in [3.05, 3.63) is 12.2 Å². The molecule has 0 aromatic rings. The van der Waals surface area contributed by atoms with E-state index in [2.05, 4.69) is 27.4 Å². The van der Waals surface area contributed by atoms with Crippen molar-refractivity contribution in [1.82, 2.24) is 0 Å². The fourth-order valence-electron chi connectivity index (χ4n) is 9.51. The highest BCUT2D eigenvalue weighted by atomic mass is 16.3. The largest absolute Gasteiger partial charge is 0.396 e. The van der Waals surface area contributed by atoms with Gasteiger partial charge in [0.15, 0.2) is 0 Å². The first-order chi connectivity index (χ1) is 15.8. The van der Waals surface area contributed by atoms with Gasteiger partial charge in [0.05, 0.1) is 30.0 Å². The summed E-state index contributed by atoms with van der Waals surface area (Å²) < 4.78 is 0. The molecule has 0 amide bonds. The first kappa shape index (κ1) is 26.6. The van der Waals surface area contributed by atoms with Crippen LogP contribution in [-0.4, -0.2) is 67.3 Å². The second kappa shape index (κ2) is 9.11. The fraction of sp³-hybridized carbons (Fsp3) is 0.929. The number of hydrogen-bond acceptors (Lipinski definition) is 6. The lowest BCUT2D eigenvalue weighted by Crippen LogP contribution is -2.70. The Bertz CT molecular complexity index is 772. The first-order valence-corrected chi connectivity index (χ1v) is 13.5. The maximum atomic E-state index is 12.3. The van der Waals surface area contributed by atoms with Crippen LogP contribution in [0.1, 0.15) is 79.1 Å². The molecule has 13 atom stereocenters. The molecule has 4 rings (SSSR count). The van der Waals surface area contributed by atoms with Crippen LogP contribution in [0.5, 0.6) is 0 Å². The Kier molecular flexibility index (Phi) is 7.12. The Morgan fingerprint density at radius 3 is 2.26 bits per heavy atom. The molecule has 6 N–H and O–H groups in total. The molecule has 0 bridgehead atoms. The van der Waals surface area contributed by atoms with Gasteiger partial charge in [-0.2, -0.15) is 0 Å². The Morgan fingerprint density at radius 2 is 1.62 bits per heavy atom. The summed E-state index contributed by atoms with van der Waals surface area (Å²) in [4.78, 5) is 0. The van der Waals surface area contributed by atoms with Crippen molar-refractivity contribution in [2.45, 2.75) is 109 Å². The molecule has 6 heteroatoms. The zero-order chi connectivity index (χ0) is 25.2. The molecule has 0 saturated heterocycles. The Hall–Kier alpha value is -0.500. The second-order valence-electron chi connectivity index (χ2n) is 13.1. The quantitative estimate of drug-likeness (QED) is 0.325. The second-order valence-corrected chi connectivity index (χ2v) is 13.1. The monoisotopic (exact) mass is 480 g/mol. The third kappa shape index (κ3) is 3.83. The molecule has 0 radical (unpaired) electrons. The van der Waals surface area contributed by atoms with Crippen LogP contribution >= 0.6 is 0 Å². The van der Waals surface area contributed by atoms with Crippen LogP contribution in [0.25, 0.3) is 0 Å². The number of fused-ring (bicyclic) bond motifs is 5. The lowest BCUT2D eigenvalue weighted by Gasteiger charge is -2.66. The minimum atomic E-state index is -1.19. The van der Waals surface area contributed by atoms with Gasteiger partial charge in [-0.15, -0.1) is 0 Å². The Morgan fingerprint density at radius 1 is 0.971 bits per heavy atom. The van der Waals surface area contributed by atoms with Crippen LogP contribution in [-0.2, 0) is 0 Å². The van der Waals surface area contributed by atoms with Gasteiger partial charge in [0.2, 0.25) is 0 Å². The number of hydrogen-bond donors (Lipinski definition) is 6. The number of aliphatic hydroxyl groups is 6. The summed E-state index contributed by atoms with van der Waals surface area (Å²) in [6, 6.07) is 0. The van der Waals surface area contributed by atoms with E-state index >= 15 is 0 Å². The molecule has 0 aromatic heterocycles. The smallest absolute Gasteiger partial charge is 0.0857 e. The molecule has 0 spiro atoms. The van der Waals surface area contributed by atoms with E-state index < -0.39 is 41.3 Å². The molecular formula is C28H48O6. The van der Waals surface area contributed by atoms with Gasteiger partial charge in [-0.05, 0) is 79.4 Å². The van der Waals surface area contributed by atoms with Crippen LogP contribution in [0.4, 0.5) is 0 Å². The van der Waals surface area contributed by atoms with Crippen molar-refractivity contribution in [2.24, 2.45) is 46.3 Å². The molecule has 34 heavy (non-hydrogen) atoms. The fourth-order valence-corrected chi connectivity index (χ4v) is 9.51. The van der Waals surface area contributed by atoms with Crippen LogP contribution in [0.3, 0.4) is 0 Å². The molecule has 4 aliphatic carbocycles. The molecule has 0 unspecified atom stereocenters. The zero-order valence-corrected chi connectivity index (χ0v) is 21.5. The SMILES string of the molecule is C=C(CC[C@@H](C)[C@H]1C[C@@H](O)[C@@H]2[C@]1(C)CC[C@@H]1[C@@]3(C)CC[C@H](O)[C@H](O)[C@@H]3[C@@H](O)C[C@]12O)[C@H](C)CO. The van der Waals surface area contributed by atoms with Gasteiger partial charge >= 0.3 is 0 Å². The van der Waals surface area contributed by atoms with Crippen LogP contribution in [0.15, 0.2) is 12.2 Å². The maximum absolute atomic E-state index is 12.3. The molecule has 4 saturated carbocycles. The van der Waals surface area contributed by atoms with Gasteiger partial charge in [-0.1, -0.05) is 39.8 Å². The molecule has 4 aliphatic rings. The predicted molar refractivity (Wildman–Crippen MR) is 131 cm³/mol. The summed E-state index contributed by atoms with van der Waals surface area (Å²) in [5.41, 5.74) is -0.843. The van der Waals surface area contributed by atoms with E-state index in [4.69, 9.17) is 0 Å². The molecule has 196 valence electrons. The standard InChI is InChI=1S/C28H48O6/c1-15(17(3)14-29)6-7-16(2)18-12-20(31)25-26(18,4)11-9-22-27(5)10-8-19(30)24(33)23(27)21(32)13-28(22,25)34/h16-25,29-34H,1,6-14H2,2-5H3/t16-,17-,18-,19+,20-,21+,22-,23+,24+,25-,26-,27-,28+/m1/s1. The van der Waals surface area contributed by atoms with Crippen molar-refractivity contribution < 1.29 is 30.6 Å². The van der Waals surface area contributed by atoms with E-state index in [0.29, 0.717) is 25.2 Å². The van der Waals surface area contributed by atoms with Gasteiger partial charge in [0, 0.05) is 24.9 Å². The highest BCUT2D eigenvalue weighted by Gasteiger charge is 2.71. The summed E-state index contributed by atoms with van der Waals surface area (Å²) in [5.74, 6) is -0.210. The van der Waals surface area contributed by atoms with Gasteiger partial charge in [-0.25, -0.2) is 0 Å². The Labute approximate surface area is 205 Å². The van der Waals surface area contributed by atoms with Crippen LogP contribution in [0.2, 0.25) is 0 Å². The van der Waals surface area contributed by atoms with E-state index in [-0.39, 0.29) is 42.1 Å². The average Bonchev–Trinajstić information content (AvgIpc) is 3.05. The Balaban J connectivity index is 1.59. The van der Waals surface area contributed by atoms with Crippen molar-refractivity contribution in [3.63, 3.8) is 0 Å². The molecule has 4 fully saturated rings. The molecule has 0 aromatic carbocycles. The minimum absolute atomic E-state index is 0.0858. The van der Waals surface area contributed by atoms with Crippen LogP contribution < -0.4 is 0 Å². The predicted octanol–water partition coefficient (Wildman–Crippen LogP) is 2.63. The van der Waals surface area contributed by atoms with Gasteiger partial charge in [-0.3, -0.25) is 0 Å². The maximum Gasteiger partial charge on any atom is 0.0857 e. The van der Waals surface area contributed by atoms with Gasteiger partial charge in [0.25, 0.3) is 0 Å². The highest BCUT2D eigenvalue weighted by Crippen LogP contribution is 2.69. The lowest BCUT2D eigenvalue weighted by molar-refractivity contribution is -0.280. The van der Waals surface area contributed by atoms with Gasteiger partial charge < -0.3 is 30.6 Å². The minimum Gasteiger partial charge on any atom is -0.396 e. The topological polar surface area (TPSA) is 121 Å². The summed E-state index contributed by atoms with van der Waals surface area (Å²) in [5, 5.41) is 65.5. The highest BCUT2D eigenvalue weighted by molar-refractivity contribution is 5.21. The van der Waals surface area contributed by atoms with Crippen molar-refractivity contribution in [2.75, 3.05) is 6.61 Å². The molecule has 6 nitrogen and oxygen atoms in total. The summed E-state index contributed by atoms with van der Waals surface area (Å²) in [6.45, 7) is 12.8. The third-order valence-electron chi connectivity index (χ3n) is 11.4. The first-order valence-electron chi connectivity index (χ1n) is 13.5. The van der Waals surface area contributed by atoms with Gasteiger partial charge in [0.1, 0.15) is 0 Å². The average molecular weight is 481 g/mol. The van der Waals surface area contributed by atoms with E-state index in [9.17, 15) is 30.6 Å². The van der Waals surface area contributed by atoms with E-state index in [1.807, 2.05) is 6.92 Å². The number of aliphatic hydroxyl groups excluding tert-OH is 5. The van der Waals surface area contributed by atoms with E-state index in [1.54, 1.807) is 0 Å². The third-order valence-corrected chi connectivity index (χ3v) is 11.4. The zero-order valence-electron chi connectivity index (χ0n) is 21.5. The van der Waals surface area contributed by atoms with Crippen molar-refractivity contribution in [3.8, 4) is 0 Å². The summed E-state index contributed by atoms with van der Waals surface area (Å²) >= 11 is 0. The summed E-state index contributed by atoms with van der Waals surface area (Å²) in [7, 11) is 0. The molecular weight excluding hydrogens is 432 g/mol. The van der Waals surface area contributed by atoms with Crippen molar-refractivity contribution >= 4 is 0 Å². The normalized spacial score (nSPS) is 52.3. The molecule has 0 aliphatic heterocycles. The number of rotatable bonds is 6. The van der Waals surface area contributed by atoms with Crippen molar-refractivity contribution in [1.29, 1.82) is 0 Å². The molecule has 0 heterocycles. The summed E-state index contributed by atoms with van der Waals surface area (Å²) in [6.07, 6.45) is 2.05. The van der Waals surface area contributed by atoms with E-state index in [0.717, 1.165) is 31.3 Å². The lowest BCUT2D eigenvalue weighted by atomic mass is 9.41. The van der Waals surface area contributed by atoms with Crippen LogP contribution in [0, 0.1) is 46.3 Å². The van der Waals surface area contributed by atoms with E-state index in [1.165, 1.54) is 0 Å².